The number of benzene rings is 2. The Balaban J connectivity index is 1.86. The van der Waals surface area contributed by atoms with Crippen LogP contribution < -0.4 is 8.92 Å². The molecule has 0 saturated heterocycles. The minimum Gasteiger partial charge on any atom is -0.493 e. The standard InChI is InChI=1S/C23H26F3NO6S/c1-31-12-11-27(22(28)17-5-3-6-17)15-16-9-10-20(32-2)21(13-16)33-34(29,30)19-8-4-7-18(14-19)23(24,25)26/h4,7-10,13-14,17H,3,5-6,11-12,15H2,1-2H3. The third-order valence-corrected chi connectivity index (χ3v) is 6.81. The monoisotopic (exact) mass is 501 g/mol. The van der Waals surface area contributed by atoms with Gasteiger partial charge in [0, 0.05) is 26.1 Å². The van der Waals surface area contributed by atoms with E-state index in [0.717, 1.165) is 37.5 Å². The summed E-state index contributed by atoms with van der Waals surface area (Å²) in [6.45, 7) is 0.876. The van der Waals surface area contributed by atoms with E-state index in [1.165, 1.54) is 26.4 Å². The molecular formula is C23H26F3NO6S. The third kappa shape index (κ3) is 6.20. The van der Waals surface area contributed by atoms with E-state index in [1.54, 1.807) is 11.0 Å². The lowest BCUT2D eigenvalue weighted by molar-refractivity contribution is -0.139. The lowest BCUT2D eigenvalue weighted by Gasteiger charge is -2.31. The Labute approximate surface area is 196 Å². The second-order valence-electron chi connectivity index (χ2n) is 7.93. The summed E-state index contributed by atoms with van der Waals surface area (Å²) in [6, 6.07) is 7.84. The van der Waals surface area contributed by atoms with E-state index in [4.69, 9.17) is 13.7 Å². The van der Waals surface area contributed by atoms with E-state index < -0.39 is 26.8 Å². The van der Waals surface area contributed by atoms with Gasteiger partial charge in [-0.1, -0.05) is 18.6 Å². The van der Waals surface area contributed by atoms with Crippen LogP contribution in [-0.4, -0.2) is 46.6 Å². The Morgan fingerprint density at radius 1 is 1.09 bits per heavy atom. The van der Waals surface area contributed by atoms with Crippen molar-refractivity contribution in [2.24, 2.45) is 5.92 Å². The van der Waals surface area contributed by atoms with E-state index in [9.17, 15) is 26.4 Å². The Kier molecular flexibility index (Phi) is 8.09. The number of ether oxygens (including phenoxy) is 2. The van der Waals surface area contributed by atoms with Crippen LogP contribution in [0.4, 0.5) is 13.2 Å². The molecule has 0 spiro atoms. The third-order valence-electron chi connectivity index (χ3n) is 5.58. The van der Waals surface area contributed by atoms with Crippen LogP contribution in [0.1, 0.15) is 30.4 Å². The number of amides is 1. The van der Waals surface area contributed by atoms with E-state index >= 15 is 0 Å². The summed E-state index contributed by atoms with van der Waals surface area (Å²) in [7, 11) is -1.75. The van der Waals surface area contributed by atoms with Gasteiger partial charge >= 0.3 is 16.3 Å². The highest BCUT2D eigenvalue weighted by atomic mass is 32.2. The van der Waals surface area contributed by atoms with Crippen LogP contribution in [0.3, 0.4) is 0 Å². The van der Waals surface area contributed by atoms with Gasteiger partial charge in [-0.2, -0.15) is 21.6 Å². The zero-order valence-electron chi connectivity index (χ0n) is 18.8. The van der Waals surface area contributed by atoms with Crippen LogP contribution in [0, 0.1) is 5.92 Å². The fraction of sp³-hybridized carbons (Fsp3) is 0.435. The number of methoxy groups -OCH3 is 2. The molecule has 1 fully saturated rings. The molecule has 1 aliphatic rings. The highest BCUT2D eigenvalue weighted by Gasteiger charge is 2.32. The zero-order valence-corrected chi connectivity index (χ0v) is 19.6. The number of alkyl halides is 3. The molecule has 1 aliphatic carbocycles. The molecule has 0 aliphatic heterocycles. The van der Waals surface area contributed by atoms with Crippen LogP contribution in [0.2, 0.25) is 0 Å². The quantitative estimate of drug-likeness (QED) is 0.453. The fourth-order valence-corrected chi connectivity index (χ4v) is 4.46. The van der Waals surface area contributed by atoms with Crippen molar-refractivity contribution in [3.8, 4) is 11.5 Å². The minimum atomic E-state index is -4.71. The normalized spacial score (nSPS) is 14.4. The van der Waals surface area contributed by atoms with Crippen LogP contribution >= 0.6 is 0 Å². The van der Waals surface area contributed by atoms with Crippen molar-refractivity contribution >= 4 is 16.0 Å². The molecule has 0 bridgehead atoms. The molecule has 0 N–H and O–H groups in total. The summed E-state index contributed by atoms with van der Waals surface area (Å²) in [5.41, 5.74) is -0.542. The van der Waals surface area contributed by atoms with Crippen molar-refractivity contribution in [3.05, 3.63) is 53.6 Å². The molecule has 0 aromatic heterocycles. The van der Waals surface area contributed by atoms with Crippen molar-refractivity contribution in [2.45, 2.75) is 36.9 Å². The first-order chi connectivity index (χ1) is 16.0. The molecule has 186 valence electrons. The van der Waals surface area contributed by atoms with Crippen molar-refractivity contribution in [2.75, 3.05) is 27.4 Å². The summed E-state index contributed by atoms with van der Waals surface area (Å²) >= 11 is 0. The number of halogens is 3. The molecular weight excluding hydrogens is 475 g/mol. The number of rotatable bonds is 10. The molecule has 0 radical (unpaired) electrons. The highest BCUT2D eigenvalue weighted by Crippen LogP contribution is 2.34. The van der Waals surface area contributed by atoms with Gasteiger partial charge in [0.2, 0.25) is 5.91 Å². The second kappa shape index (κ2) is 10.6. The van der Waals surface area contributed by atoms with E-state index in [0.29, 0.717) is 24.8 Å². The largest absolute Gasteiger partial charge is 0.493 e. The van der Waals surface area contributed by atoms with Crippen LogP contribution in [0.5, 0.6) is 11.5 Å². The first-order valence-electron chi connectivity index (χ1n) is 10.6. The van der Waals surface area contributed by atoms with Gasteiger partial charge in [0.05, 0.1) is 19.3 Å². The maximum absolute atomic E-state index is 13.0. The van der Waals surface area contributed by atoms with Gasteiger partial charge in [-0.05, 0) is 48.7 Å². The molecule has 1 saturated carbocycles. The summed E-state index contributed by atoms with van der Waals surface area (Å²) in [5, 5.41) is 0. The summed E-state index contributed by atoms with van der Waals surface area (Å²) in [6.07, 6.45) is -2.05. The number of hydrogen-bond donors (Lipinski definition) is 0. The topological polar surface area (TPSA) is 82.1 Å². The molecule has 0 atom stereocenters. The van der Waals surface area contributed by atoms with Gasteiger partial charge in [0.1, 0.15) is 4.90 Å². The molecule has 3 rings (SSSR count). The van der Waals surface area contributed by atoms with Gasteiger partial charge in [0.25, 0.3) is 0 Å². The van der Waals surface area contributed by atoms with E-state index in [1.807, 2.05) is 0 Å². The summed E-state index contributed by atoms with van der Waals surface area (Å²) in [5.74, 6) is -0.154. The van der Waals surface area contributed by atoms with Gasteiger partial charge in [-0.15, -0.1) is 0 Å². The fourth-order valence-electron chi connectivity index (χ4n) is 3.48. The van der Waals surface area contributed by atoms with Gasteiger partial charge in [-0.25, -0.2) is 0 Å². The number of carbonyl (C=O) groups is 1. The zero-order chi connectivity index (χ0) is 24.9. The van der Waals surface area contributed by atoms with Crippen LogP contribution in [-0.2, 0) is 32.4 Å². The average molecular weight is 502 g/mol. The smallest absolute Gasteiger partial charge is 0.416 e. The first kappa shape index (κ1) is 25.8. The Morgan fingerprint density at radius 2 is 1.82 bits per heavy atom. The predicted octanol–water partition coefficient (Wildman–Crippen LogP) is 4.26. The lowest BCUT2D eigenvalue weighted by atomic mass is 9.84. The maximum atomic E-state index is 13.0. The highest BCUT2D eigenvalue weighted by molar-refractivity contribution is 7.87. The molecule has 0 unspecified atom stereocenters. The molecule has 0 heterocycles. The molecule has 34 heavy (non-hydrogen) atoms. The van der Waals surface area contributed by atoms with E-state index in [-0.39, 0.29) is 29.9 Å². The van der Waals surface area contributed by atoms with Crippen molar-refractivity contribution in [1.82, 2.24) is 4.90 Å². The SMILES string of the molecule is COCCN(Cc1ccc(OC)c(OS(=O)(=O)c2cccc(C(F)(F)F)c2)c1)C(=O)C1CCC1. The number of hydrogen-bond acceptors (Lipinski definition) is 6. The molecule has 2 aromatic rings. The van der Waals surface area contributed by atoms with Crippen molar-refractivity contribution in [1.29, 1.82) is 0 Å². The Bertz CT molecular complexity index is 1120. The molecule has 11 heteroatoms. The molecule has 2 aromatic carbocycles. The van der Waals surface area contributed by atoms with Crippen LogP contribution in [0.25, 0.3) is 0 Å². The van der Waals surface area contributed by atoms with Gasteiger partial charge < -0.3 is 18.6 Å². The van der Waals surface area contributed by atoms with Crippen LogP contribution in [0.15, 0.2) is 47.4 Å². The predicted molar refractivity (Wildman–Crippen MR) is 117 cm³/mol. The Hall–Kier alpha value is -2.79. The first-order valence-corrected chi connectivity index (χ1v) is 12.0. The lowest BCUT2D eigenvalue weighted by Crippen LogP contribution is -2.40. The number of carbonyl (C=O) groups excluding carboxylic acids is 1. The molecule has 1 amide bonds. The maximum Gasteiger partial charge on any atom is 0.416 e. The van der Waals surface area contributed by atoms with Crippen molar-refractivity contribution in [3.63, 3.8) is 0 Å². The van der Waals surface area contributed by atoms with Crippen molar-refractivity contribution < 1.29 is 40.0 Å². The summed E-state index contributed by atoms with van der Waals surface area (Å²) in [4.78, 5) is 13.8. The summed E-state index contributed by atoms with van der Waals surface area (Å²) < 4.78 is 80.0. The number of nitrogens with zero attached hydrogens (tertiary/aromatic N) is 1. The molecule has 7 nitrogen and oxygen atoms in total. The van der Waals surface area contributed by atoms with E-state index in [2.05, 4.69) is 0 Å². The second-order valence-corrected chi connectivity index (χ2v) is 9.47. The Morgan fingerprint density at radius 3 is 2.41 bits per heavy atom. The van der Waals surface area contributed by atoms with Gasteiger partial charge in [0.15, 0.2) is 11.5 Å². The average Bonchev–Trinajstić information content (AvgIpc) is 2.75. The van der Waals surface area contributed by atoms with Gasteiger partial charge in [-0.3, -0.25) is 4.79 Å². The minimum absolute atomic E-state index is 0.00169.